The van der Waals surface area contributed by atoms with Crippen molar-refractivity contribution in [2.45, 2.75) is 19.9 Å². The Hall–Kier alpha value is -3.53. The summed E-state index contributed by atoms with van der Waals surface area (Å²) in [6, 6.07) is 20.6. The number of nitrogens with zero attached hydrogens (tertiary/aromatic N) is 4. The average molecular weight is 397 g/mol. The molecule has 2 N–H and O–H groups in total. The van der Waals surface area contributed by atoms with Crippen molar-refractivity contribution in [2.75, 3.05) is 13.2 Å². The molecule has 2 heterocycles. The SMILES string of the molecule is Cc1c(-c2ccccc2)cccc1-c1nc2c(CC#N)cc(CNCCO)cn2n1. The quantitative estimate of drug-likeness (QED) is 0.466. The summed E-state index contributed by atoms with van der Waals surface area (Å²) in [7, 11) is 0. The Labute approximate surface area is 175 Å². The Balaban J connectivity index is 1.79. The van der Waals surface area contributed by atoms with Gasteiger partial charge in [-0.2, -0.15) is 5.26 Å². The molecule has 0 bridgehead atoms. The second-order valence-corrected chi connectivity index (χ2v) is 7.16. The largest absolute Gasteiger partial charge is 0.395 e. The maximum absolute atomic E-state index is 9.26. The zero-order valence-corrected chi connectivity index (χ0v) is 16.8. The summed E-state index contributed by atoms with van der Waals surface area (Å²) in [5.41, 5.74) is 6.93. The molecule has 2 aromatic heterocycles. The van der Waals surface area contributed by atoms with Gasteiger partial charge in [-0.3, -0.25) is 0 Å². The Morgan fingerprint density at radius 1 is 1.10 bits per heavy atom. The number of hydrogen-bond acceptors (Lipinski definition) is 5. The molecule has 0 unspecified atom stereocenters. The van der Waals surface area contributed by atoms with Gasteiger partial charge in [0.1, 0.15) is 0 Å². The molecule has 0 saturated carbocycles. The zero-order valence-electron chi connectivity index (χ0n) is 16.8. The molecule has 0 spiro atoms. The van der Waals surface area contributed by atoms with Crippen molar-refractivity contribution in [2.24, 2.45) is 0 Å². The molecule has 6 heteroatoms. The van der Waals surface area contributed by atoms with Crippen LogP contribution in [0.3, 0.4) is 0 Å². The number of benzene rings is 2. The highest BCUT2D eigenvalue weighted by molar-refractivity contribution is 5.76. The Morgan fingerprint density at radius 3 is 2.67 bits per heavy atom. The van der Waals surface area contributed by atoms with Crippen LogP contribution < -0.4 is 5.32 Å². The Morgan fingerprint density at radius 2 is 1.90 bits per heavy atom. The van der Waals surface area contributed by atoms with Crippen LogP contribution in [-0.4, -0.2) is 32.9 Å². The first-order chi connectivity index (χ1) is 14.7. The van der Waals surface area contributed by atoms with Crippen molar-refractivity contribution < 1.29 is 5.11 Å². The first-order valence-corrected chi connectivity index (χ1v) is 9.93. The van der Waals surface area contributed by atoms with E-state index >= 15 is 0 Å². The summed E-state index contributed by atoms with van der Waals surface area (Å²) in [6.07, 6.45) is 2.19. The average Bonchev–Trinajstić information content (AvgIpc) is 3.19. The fourth-order valence-electron chi connectivity index (χ4n) is 3.66. The smallest absolute Gasteiger partial charge is 0.182 e. The molecule has 0 aliphatic rings. The molecule has 0 radical (unpaired) electrons. The van der Waals surface area contributed by atoms with Crippen LogP contribution in [-0.2, 0) is 13.0 Å². The van der Waals surface area contributed by atoms with E-state index in [-0.39, 0.29) is 13.0 Å². The number of nitriles is 1. The number of nitrogens with one attached hydrogen (secondary N) is 1. The molecule has 6 nitrogen and oxygen atoms in total. The minimum Gasteiger partial charge on any atom is -0.395 e. The maximum atomic E-state index is 9.26. The predicted molar refractivity (Wildman–Crippen MR) is 117 cm³/mol. The van der Waals surface area contributed by atoms with Gasteiger partial charge in [-0.05, 0) is 35.2 Å². The van der Waals surface area contributed by atoms with Gasteiger partial charge < -0.3 is 10.4 Å². The lowest BCUT2D eigenvalue weighted by Gasteiger charge is -2.09. The molecule has 4 rings (SSSR count). The number of hydrogen-bond donors (Lipinski definition) is 2. The molecular formula is C24H23N5O. The van der Waals surface area contributed by atoms with Crippen molar-refractivity contribution in [3.63, 3.8) is 0 Å². The van der Waals surface area contributed by atoms with Crippen molar-refractivity contribution in [1.82, 2.24) is 19.9 Å². The van der Waals surface area contributed by atoms with E-state index in [4.69, 9.17) is 15.2 Å². The van der Waals surface area contributed by atoms with Gasteiger partial charge >= 0.3 is 0 Å². The van der Waals surface area contributed by atoms with Crippen LogP contribution in [0.4, 0.5) is 0 Å². The van der Waals surface area contributed by atoms with E-state index in [1.807, 2.05) is 42.6 Å². The zero-order chi connectivity index (χ0) is 20.9. The summed E-state index contributed by atoms with van der Waals surface area (Å²) in [5, 5.41) is 26.1. The molecule has 0 saturated heterocycles. The van der Waals surface area contributed by atoms with E-state index in [1.54, 1.807) is 4.52 Å². The molecule has 2 aromatic carbocycles. The predicted octanol–water partition coefficient (Wildman–Crippen LogP) is 3.52. The highest BCUT2D eigenvalue weighted by atomic mass is 16.3. The number of aromatic nitrogens is 3. The van der Waals surface area contributed by atoms with E-state index < -0.39 is 0 Å². The number of aliphatic hydroxyl groups excluding tert-OH is 1. The second-order valence-electron chi connectivity index (χ2n) is 7.16. The Bertz CT molecular complexity index is 1210. The minimum absolute atomic E-state index is 0.0812. The van der Waals surface area contributed by atoms with E-state index in [9.17, 15) is 5.26 Å². The molecule has 0 atom stereocenters. The number of rotatable bonds is 7. The lowest BCUT2D eigenvalue weighted by atomic mass is 9.96. The van der Waals surface area contributed by atoms with Gasteiger partial charge in [0, 0.05) is 30.4 Å². The first kappa shape index (κ1) is 19.8. The molecular weight excluding hydrogens is 374 g/mol. The molecule has 0 aliphatic heterocycles. The lowest BCUT2D eigenvalue weighted by Crippen LogP contribution is -2.18. The first-order valence-electron chi connectivity index (χ1n) is 9.93. The van der Waals surface area contributed by atoms with E-state index in [0.29, 0.717) is 24.6 Å². The van der Waals surface area contributed by atoms with Crippen LogP contribution in [0, 0.1) is 18.3 Å². The number of fused-ring (bicyclic) bond motifs is 1. The van der Waals surface area contributed by atoms with Gasteiger partial charge in [0.15, 0.2) is 11.5 Å². The molecule has 0 fully saturated rings. The van der Waals surface area contributed by atoms with Crippen LogP contribution >= 0.6 is 0 Å². The van der Waals surface area contributed by atoms with E-state index in [1.165, 1.54) is 0 Å². The van der Waals surface area contributed by atoms with Crippen LogP contribution in [0.2, 0.25) is 0 Å². The summed E-state index contributed by atoms with van der Waals surface area (Å²) >= 11 is 0. The van der Waals surface area contributed by atoms with Gasteiger partial charge in [-0.1, -0.05) is 48.5 Å². The van der Waals surface area contributed by atoms with Gasteiger partial charge in [-0.25, -0.2) is 9.50 Å². The standard InChI is InChI=1S/C24H23N5O/c1-17-21(19-6-3-2-4-7-19)8-5-9-22(17)23-27-24-20(10-11-25)14-18(15-26-12-13-30)16-29(24)28-23/h2-9,14,16,26,30H,10,12-13,15H2,1H3. The highest BCUT2D eigenvalue weighted by Gasteiger charge is 2.15. The third kappa shape index (κ3) is 3.94. The van der Waals surface area contributed by atoms with Gasteiger partial charge in [0.05, 0.1) is 19.1 Å². The van der Waals surface area contributed by atoms with E-state index in [2.05, 4.69) is 36.5 Å². The van der Waals surface area contributed by atoms with E-state index in [0.717, 1.165) is 33.4 Å². The summed E-state index contributed by atoms with van der Waals surface area (Å²) < 4.78 is 1.76. The number of pyridine rings is 1. The van der Waals surface area contributed by atoms with Gasteiger partial charge in [-0.15, -0.1) is 5.10 Å². The number of aliphatic hydroxyl groups is 1. The molecule has 150 valence electrons. The Kier molecular flexibility index (Phi) is 5.84. The van der Waals surface area contributed by atoms with Gasteiger partial charge in [0.25, 0.3) is 0 Å². The van der Waals surface area contributed by atoms with Crippen LogP contribution in [0.25, 0.3) is 28.2 Å². The monoisotopic (exact) mass is 397 g/mol. The second kappa shape index (κ2) is 8.87. The van der Waals surface area contributed by atoms with Crippen LogP contribution in [0.1, 0.15) is 16.7 Å². The fourth-order valence-corrected chi connectivity index (χ4v) is 3.66. The lowest BCUT2D eigenvalue weighted by molar-refractivity contribution is 0.292. The van der Waals surface area contributed by atoms with Crippen molar-refractivity contribution in [1.29, 1.82) is 5.26 Å². The minimum atomic E-state index is 0.0812. The summed E-state index contributed by atoms with van der Waals surface area (Å²) in [6.45, 7) is 3.27. The third-order valence-electron chi connectivity index (χ3n) is 5.11. The summed E-state index contributed by atoms with van der Waals surface area (Å²) in [5.74, 6) is 0.643. The molecule has 4 aromatic rings. The molecule has 30 heavy (non-hydrogen) atoms. The van der Waals surface area contributed by atoms with Crippen molar-refractivity contribution in [3.8, 4) is 28.6 Å². The fraction of sp³-hybridized carbons (Fsp3) is 0.208. The highest BCUT2D eigenvalue weighted by Crippen LogP contribution is 2.30. The third-order valence-corrected chi connectivity index (χ3v) is 5.11. The normalized spacial score (nSPS) is 11.0. The van der Waals surface area contributed by atoms with Gasteiger partial charge in [0.2, 0.25) is 0 Å². The van der Waals surface area contributed by atoms with Crippen molar-refractivity contribution >= 4 is 5.65 Å². The summed E-state index contributed by atoms with van der Waals surface area (Å²) in [4.78, 5) is 4.78. The van der Waals surface area contributed by atoms with Crippen LogP contribution in [0.5, 0.6) is 0 Å². The maximum Gasteiger partial charge on any atom is 0.182 e. The van der Waals surface area contributed by atoms with Crippen molar-refractivity contribution in [3.05, 3.63) is 77.5 Å². The molecule has 0 amide bonds. The molecule has 0 aliphatic carbocycles. The van der Waals surface area contributed by atoms with Crippen LogP contribution in [0.15, 0.2) is 60.8 Å². The topological polar surface area (TPSA) is 86.2 Å².